The number of piperidine rings is 1. The van der Waals surface area contributed by atoms with Gasteiger partial charge in [-0.15, -0.1) is 0 Å². The van der Waals surface area contributed by atoms with Gasteiger partial charge in [0, 0.05) is 37.3 Å². The van der Waals surface area contributed by atoms with Gasteiger partial charge in [-0.25, -0.2) is 14.2 Å². The number of fused-ring (bicyclic) bond motifs is 1. The summed E-state index contributed by atoms with van der Waals surface area (Å²) < 4.78 is 29.1. The summed E-state index contributed by atoms with van der Waals surface area (Å²) in [5, 5.41) is 8.72. The number of hydrogen-bond donors (Lipinski definition) is 1. The summed E-state index contributed by atoms with van der Waals surface area (Å²) in [6.45, 7) is 8.71. The second-order valence-electron chi connectivity index (χ2n) is 12.0. The summed E-state index contributed by atoms with van der Waals surface area (Å²) in [7, 11) is 3.28. The van der Waals surface area contributed by atoms with Gasteiger partial charge in [0.15, 0.2) is 5.82 Å². The van der Waals surface area contributed by atoms with E-state index in [1.54, 1.807) is 48.0 Å². The summed E-state index contributed by atoms with van der Waals surface area (Å²) in [6.07, 6.45) is 1.34. The maximum absolute atomic E-state index is 14.9. The van der Waals surface area contributed by atoms with Crippen LogP contribution in [0, 0.1) is 11.7 Å². The number of halogens is 1. The molecule has 1 fully saturated rings. The lowest BCUT2D eigenvalue weighted by molar-refractivity contribution is 0.0165. The Labute approximate surface area is 248 Å². The Morgan fingerprint density at radius 3 is 2.51 bits per heavy atom. The fourth-order valence-corrected chi connectivity index (χ4v) is 5.35. The number of carbonyl (C=O) groups is 1. The topological polar surface area (TPSA) is 113 Å². The first kappa shape index (κ1) is 29.9. The third-order valence-electron chi connectivity index (χ3n) is 7.60. The van der Waals surface area contributed by atoms with Crippen LogP contribution in [0.4, 0.5) is 14.9 Å². The Bertz CT molecular complexity index is 1770. The SMILES string of the molecule is COc1ccc(Cn2c(=O)c(F)cn(-c3nn(C)c4cc(N[C@@H]5CCN(C(=O)OC(C)(C)C)C[C@H]5C)ccc34)c2=O)cc1. The molecule has 2 aromatic carbocycles. The number of amides is 1. The third kappa shape index (κ3) is 6.27. The molecule has 0 spiro atoms. The maximum atomic E-state index is 14.9. The lowest BCUT2D eigenvalue weighted by Gasteiger charge is -2.38. The zero-order valence-corrected chi connectivity index (χ0v) is 25.3. The highest BCUT2D eigenvalue weighted by atomic mass is 19.1. The van der Waals surface area contributed by atoms with E-state index < -0.39 is 22.7 Å². The van der Waals surface area contributed by atoms with E-state index in [2.05, 4.69) is 17.3 Å². The summed E-state index contributed by atoms with van der Waals surface area (Å²) in [5.41, 5.74) is -0.0282. The molecule has 0 unspecified atom stereocenters. The van der Waals surface area contributed by atoms with Crippen molar-refractivity contribution in [3.8, 4) is 11.6 Å². The number of nitrogens with one attached hydrogen (secondary N) is 1. The first-order valence-electron chi connectivity index (χ1n) is 14.2. The lowest BCUT2D eigenvalue weighted by Crippen LogP contribution is -2.48. The van der Waals surface area contributed by atoms with E-state index in [-0.39, 0.29) is 30.4 Å². The Morgan fingerprint density at radius 1 is 1.14 bits per heavy atom. The number of ether oxygens (including phenoxy) is 2. The van der Waals surface area contributed by atoms with Crippen molar-refractivity contribution in [1.82, 2.24) is 23.8 Å². The van der Waals surface area contributed by atoms with Gasteiger partial charge in [0.2, 0.25) is 5.82 Å². The van der Waals surface area contributed by atoms with Crippen molar-refractivity contribution in [2.75, 3.05) is 25.5 Å². The first-order valence-corrected chi connectivity index (χ1v) is 14.2. The van der Waals surface area contributed by atoms with Crippen molar-refractivity contribution < 1.29 is 18.7 Å². The highest BCUT2D eigenvalue weighted by molar-refractivity contribution is 5.89. The van der Waals surface area contributed by atoms with E-state index in [1.807, 2.05) is 39.0 Å². The lowest BCUT2D eigenvalue weighted by atomic mass is 9.93. The summed E-state index contributed by atoms with van der Waals surface area (Å²) >= 11 is 0. The molecule has 1 aliphatic heterocycles. The Balaban J connectivity index is 1.39. The van der Waals surface area contributed by atoms with Gasteiger partial charge in [0.25, 0.3) is 5.56 Å². The summed E-state index contributed by atoms with van der Waals surface area (Å²) in [5.74, 6) is -0.0398. The van der Waals surface area contributed by atoms with Crippen LogP contribution in [0.25, 0.3) is 16.7 Å². The molecule has 0 saturated carbocycles. The standard InChI is InChI=1S/C31H37FN6O5/c1-19-16-36(30(41)43-31(2,3)4)14-13-25(19)33-21-9-12-23-26(15-21)35(5)34-27(23)37-18-24(32)28(39)38(29(37)40)17-20-7-10-22(42-6)11-8-20/h7-12,15,18-19,25,33H,13-14,16-17H2,1-6H3/t19-,25-/m1/s1. The molecule has 11 nitrogen and oxygen atoms in total. The Hall–Kier alpha value is -4.61. The molecule has 1 aliphatic rings. The number of benzene rings is 2. The van der Waals surface area contributed by atoms with Crippen LogP contribution in [0.1, 0.15) is 39.7 Å². The van der Waals surface area contributed by atoms with E-state index in [9.17, 15) is 18.8 Å². The number of anilines is 1. The number of methoxy groups -OCH3 is 1. The quantitative estimate of drug-likeness (QED) is 0.358. The van der Waals surface area contributed by atoms with Crippen LogP contribution in [-0.4, -0.2) is 61.8 Å². The van der Waals surface area contributed by atoms with Crippen LogP contribution >= 0.6 is 0 Å². The number of aromatic nitrogens is 4. The molecule has 12 heteroatoms. The molecule has 1 saturated heterocycles. The van der Waals surface area contributed by atoms with Crippen LogP contribution in [0.15, 0.2) is 58.3 Å². The molecular formula is C31H37FN6O5. The van der Waals surface area contributed by atoms with E-state index in [4.69, 9.17) is 9.47 Å². The van der Waals surface area contributed by atoms with Crippen LogP contribution in [-0.2, 0) is 18.3 Å². The largest absolute Gasteiger partial charge is 0.497 e. The van der Waals surface area contributed by atoms with Crippen molar-refractivity contribution >= 4 is 22.7 Å². The molecule has 5 rings (SSSR count). The average Bonchev–Trinajstić information content (AvgIpc) is 3.28. The van der Waals surface area contributed by atoms with Crippen molar-refractivity contribution in [3.63, 3.8) is 0 Å². The van der Waals surface area contributed by atoms with Crippen LogP contribution in [0.3, 0.4) is 0 Å². The predicted molar refractivity (Wildman–Crippen MR) is 162 cm³/mol. The van der Waals surface area contributed by atoms with Gasteiger partial charge in [0.1, 0.15) is 11.4 Å². The molecular weight excluding hydrogens is 555 g/mol. The minimum absolute atomic E-state index is 0.108. The highest BCUT2D eigenvalue weighted by Gasteiger charge is 2.31. The molecule has 1 N–H and O–H groups in total. The monoisotopic (exact) mass is 592 g/mol. The number of hydrogen-bond acceptors (Lipinski definition) is 7. The number of carbonyl (C=O) groups excluding carboxylic acids is 1. The van der Waals surface area contributed by atoms with Gasteiger partial charge in [-0.05, 0) is 69.0 Å². The number of rotatable bonds is 6. The zero-order chi connectivity index (χ0) is 31.1. The second-order valence-corrected chi connectivity index (χ2v) is 12.0. The van der Waals surface area contributed by atoms with E-state index in [1.165, 1.54) is 0 Å². The van der Waals surface area contributed by atoms with Crippen molar-refractivity contribution in [3.05, 3.63) is 80.9 Å². The molecule has 2 atom stereocenters. The smallest absolute Gasteiger partial charge is 0.410 e. The second kappa shape index (κ2) is 11.6. The predicted octanol–water partition coefficient (Wildman–Crippen LogP) is 4.14. The molecule has 0 radical (unpaired) electrons. The van der Waals surface area contributed by atoms with E-state index in [0.717, 1.165) is 33.0 Å². The molecule has 0 aliphatic carbocycles. The molecule has 1 amide bonds. The Morgan fingerprint density at radius 2 is 1.86 bits per heavy atom. The summed E-state index contributed by atoms with van der Waals surface area (Å²) in [6, 6.07) is 12.6. The van der Waals surface area contributed by atoms with Gasteiger partial charge >= 0.3 is 11.8 Å². The molecule has 2 aromatic heterocycles. The first-order chi connectivity index (χ1) is 20.3. The van der Waals surface area contributed by atoms with Crippen LogP contribution in [0.5, 0.6) is 5.75 Å². The minimum atomic E-state index is -1.06. The third-order valence-corrected chi connectivity index (χ3v) is 7.60. The maximum Gasteiger partial charge on any atom is 0.410 e. The molecule has 228 valence electrons. The average molecular weight is 593 g/mol. The Kier molecular flexibility index (Phi) is 8.04. The highest BCUT2D eigenvalue weighted by Crippen LogP contribution is 2.27. The van der Waals surface area contributed by atoms with Crippen molar-refractivity contribution in [1.29, 1.82) is 0 Å². The van der Waals surface area contributed by atoms with E-state index in [0.29, 0.717) is 29.8 Å². The molecule has 4 aromatic rings. The molecule has 43 heavy (non-hydrogen) atoms. The molecule has 0 bridgehead atoms. The van der Waals surface area contributed by atoms with E-state index >= 15 is 0 Å². The number of aryl methyl sites for hydroxylation is 1. The normalized spacial score (nSPS) is 17.2. The van der Waals surface area contributed by atoms with Gasteiger partial charge in [-0.3, -0.25) is 14.0 Å². The minimum Gasteiger partial charge on any atom is -0.497 e. The number of likely N-dealkylation sites (tertiary alicyclic amines) is 1. The number of nitrogens with zero attached hydrogens (tertiary/aromatic N) is 5. The summed E-state index contributed by atoms with van der Waals surface area (Å²) in [4.78, 5) is 40.4. The van der Waals surface area contributed by atoms with Gasteiger partial charge in [-0.2, -0.15) is 9.49 Å². The van der Waals surface area contributed by atoms with Gasteiger partial charge < -0.3 is 19.7 Å². The van der Waals surface area contributed by atoms with Crippen molar-refractivity contribution in [2.24, 2.45) is 13.0 Å². The van der Waals surface area contributed by atoms with Crippen LogP contribution < -0.4 is 21.3 Å². The van der Waals surface area contributed by atoms with Crippen LogP contribution in [0.2, 0.25) is 0 Å². The van der Waals surface area contributed by atoms with Gasteiger partial charge in [0.05, 0.1) is 25.4 Å². The fourth-order valence-electron chi connectivity index (χ4n) is 5.35. The van der Waals surface area contributed by atoms with Crippen molar-refractivity contribution in [2.45, 2.75) is 52.3 Å². The fraction of sp³-hybridized carbons (Fsp3) is 0.419. The molecule has 3 heterocycles. The van der Waals surface area contributed by atoms with Gasteiger partial charge in [-0.1, -0.05) is 19.1 Å². The zero-order valence-electron chi connectivity index (χ0n) is 25.3.